The smallest absolute Gasteiger partial charge is 0.236 e. The summed E-state index contributed by atoms with van der Waals surface area (Å²) in [6.07, 6.45) is -0.811. The van der Waals surface area contributed by atoms with Crippen LogP contribution in [0.15, 0.2) is 24.3 Å². The first kappa shape index (κ1) is 18.2. The minimum absolute atomic E-state index is 0.0882. The summed E-state index contributed by atoms with van der Waals surface area (Å²) in [6.45, 7) is 9.50. The standard InChI is InChI=1S/C19H29N3O3/c1-3-25-18-13-22(12-17(18)23)19(24)14-20-7-9-21(10-8-20)16-6-4-5-15(2)11-16/h4-6,11,17-18,23H,3,7-10,12-14H2,1-2H3/t17-,18-/m1/s1. The van der Waals surface area contributed by atoms with Gasteiger partial charge in [0.05, 0.1) is 12.6 Å². The Morgan fingerprint density at radius 3 is 2.68 bits per heavy atom. The second kappa shape index (κ2) is 8.17. The molecule has 0 radical (unpaired) electrons. The van der Waals surface area contributed by atoms with Gasteiger partial charge < -0.3 is 19.6 Å². The Kier molecular flexibility index (Phi) is 5.93. The highest BCUT2D eigenvalue weighted by molar-refractivity contribution is 5.78. The zero-order chi connectivity index (χ0) is 17.8. The number of aliphatic hydroxyl groups is 1. The Morgan fingerprint density at radius 2 is 2.00 bits per heavy atom. The molecule has 2 atom stereocenters. The van der Waals surface area contributed by atoms with E-state index in [0.29, 0.717) is 26.2 Å². The van der Waals surface area contributed by atoms with Crippen LogP contribution in [0.1, 0.15) is 12.5 Å². The van der Waals surface area contributed by atoms with E-state index in [9.17, 15) is 9.90 Å². The molecule has 3 rings (SSSR count). The lowest BCUT2D eigenvalue weighted by atomic mass is 10.2. The predicted molar refractivity (Wildman–Crippen MR) is 97.8 cm³/mol. The number of carbonyl (C=O) groups excluding carboxylic acids is 1. The van der Waals surface area contributed by atoms with Crippen molar-refractivity contribution in [1.82, 2.24) is 9.80 Å². The molecule has 0 unspecified atom stereocenters. The van der Waals surface area contributed by atoms with E-state index in [2.05, 4.69) is 41.0 Å². The lowest BCUT2D eigenvalue weighted by Gasteiger charge is -2.36. The normalized spacial score (nSPS) is 24.8. The maximum absolute atomic E-state index is 12.5. The summed E-state index contributed by atoms with van der Waals surface area (Å²) in [7, 11) is 0. The van der Waals surface area contributed by atoms with Gasteiger partial charge in [-0.25, -0.2) is 0 Å². The number of piperazine rings is 1. The van der Waals surface area contributed by atoms with Crippen LogP contribution in [0.3, 0.4) is 0 Å². The number of rotatable bonds is 5. The van der Waals surface area contributed by atoms with Gasteiger partial charge in [-0.1, -0.05) is 12.1 Å². The first-order valence-corrected chi connectivity index (χ1v) is 9.18. The number of ether oxygens (including phenoxy) is 1. The van der Waals surface area contributed by atoms with E-state index >= 15 is 0 Å². The van der Waals surface area contributed by atoms with Gasteiger partial charge in [0.1, 0.15) is 6.10 Å². The van der Waals surface area contributed by atoms with Gasteiger partial charge in [0.25, 0.3) is 0 Å². The van der Waals surface area contributed by atoms with Crippen LogP contribution in [0.5, 0.6) is 0 Å². The molecule has 2 aliphatic rings. The van der Waals surface area contributed by atoms with Gasteiger partial charge in [-0.15, -0.1) is 0 Å². The summed E-state index contributed by atoms with van der Waals surface area (Å²) in [5.41, 5.74) is 2.53. The second-order valence-electron chi connectivity index (χ2n) is 6.96. The number of hydrogen-bond acceptors (Lipinski definition) is 5. The van der Waals surface area contributed by atoms with Crippen LogP contribution in [-0.2, 0) is 9.53 Å². The summed E-state index contributed by atoms with van der Waals surface area (Å²) < 4.78 is 5.49. The molecule has 1 aromatic rings. The van der Waals surface area contributed by atoms with E-state index in [1.54, 1.807) is 4.90 Å². The van der Waals surface area contributed by atoms with Crippen LogP contribution >= 0.6 is 0 Å². The number of carbonyl (C=O) groups is 1. The van der Waals surface area contributed by atoms with Crippen molar-refractivity contribution in [2.24, 2.45) is 0 Å². The van der Waals surface area contributed by atoms with E-state index < -0.39 is 6.10 Å². The third-order valence-electron chi connectivity index (χ3n) is 5.07. The van der Waals surface area contributed by atoms with Crippen molar-refractivity contribution in [2.45, 2.75) is 26.1 Å². The van der Waals surface area contributed by atoms with Crippen molar-refractivity contribution in [3.8, 4) is 0 Å². The van der Waals surface area contributed by atoms with E-state index in [-0.39, 0.29) is 12.0 Å². The lowest BCUT2D eigenvalue weighted by Crippen LogP contribution is -2.50. The van der Waals surface area contributed by atoms with Crippen molar-refractivity contribution in [3.63, 3.8) is 0 Å². The topological polar surface area (TPSA) is 56.2 Å². The molecule has 138 valence electrons. The first-order chi connectivity index (χ1) is 12.1. The third-order valence-corrected chi connectivity index (χ3v) is 5.07. The van der Waals surface area contributed by atoms with Gasteiger partial charge in [-0.05, 0) is 31.5 Å². The third kappa shape index (κ3) is 4.51. The fourth-order valence-electron chi connectivity index (χ4n) is 3.62. The number of β-amino-alcohol motifs (C(OH)–C–C–N with tert-alkyl or cyclic N) is 1. The molecule has 2 aliphatic heterocycles. The molecule has 6 nitrogen and oxygen atoms in total. The zero-order valence-electron chi connectivity index (χ0n) is 15.2. The van der Waals surface area contributed by atoms with Crippen LogP contribution in [0, 0.1) is 6.92 Å². The van der Waals surface area contributed by atoms with Gasteiger partial charge in [-0.2, -0.15) is 0 Å². The SMILES string of the molecule is CCO[C@@H]1CN(C(=O)CN2CCN(c3cccc(C)c3)CC2)C[C@H]1O. The molecule has 0 aromatic heterocycles. The quantitative estimate of drug-likeness (QED) is 0.851. The molecule has 25 heavy (non-hydrogen) atoms. The van der Waals surface area contributed by atoms with Crippen molar-refractivity contribution < 1.29 is 14.6 Å². The molecule has 2 heterocycles. The largest absolute Gasteiger partial charge is 0.388 e. The van der Waals surface area contributed by atoms with Crippen molar-refractivity contribution in [2.75, 3.05) is 57.3 Å². The van der Waals surface area contributed by atoms with Crippen molar-refractivity contribution in [1.29, 1.82) is 0 Å². The number of aryl methyl sites for hydroxylation is 1. The van der Waals surface area contributed by atoms with Gasteiger partial charge in [0, 0.05) is 51.6 Å². The Bertz CT molecular complexity index is 587. The van der Waals surface area contributed by atoms with Crippen molar-refractivity contribution >= 4 is 11.6 Å². The van der Waals surface area contributed by atoms with Gasteiger partial charge in [-0.3, -0.25) is 9.69 Å². The second-order valence-corrected chi connectivity index (χ2v) is 6.96. The van der Waals surface area contributed by atoms with Crippen LogP contribution in [0.2, 0.25) is 0 Å². The van der Waals surface area contributed by atoms with E-state index in [1.165, 1.54) is 11.3 Å². The van der Waals surface area contributed by atoms with E-state index in [4.69, 9.17) is 4.74 Å². The van der Waals surface area contributed by atoms with Crippen molar-refractivity contribution in [3.05, 3.63) is 29.8 Å². The summed E-state index contributed by atoms with van der Waals surface area (Å²) in [6, 6.07) is 8.56. The highest BCUT2D eigenvalue weighted by atomic mass is 16.5. The molecule has 0 spiro atoms. The monoisotopic (exact) mass is 347 g/mol. The van der Waals surface area contributed by atoms with Gasteiger partial charge >= 0.3 is 0 Å². The predicted octanol–water partition coefficient (Wildman–Crippen LogP) is 0.725. The molecule has 2 saturated heterocycles. The number of anilines is 1. The number of nitrogens with zero attached hydrogens (tertiary/aromatic N) is 3. The summed E-state index contributed by atoms with van der Waals surface area (Å²) in [4.78, 5) is 18.8. The molecular formula is C19H29N3O3. The number of hydrogen-bond donors (Lipinski definition) is 1. The first-order valence-electron chi connectivity index (χ1n) is 9.18. The number of aliphatic hydroxyl groups excluding tert-OH is 1. The highest BCUT2D eigenvalue weighted by Crippen LogP contribution is 2.18. The average Bonchev–Trinajstić information content (AvgIpc) is 2.97. The van der Waals surface area contributed by atoms with Gasteiger partial charge in [0.2, 0.25) is 5.91 Å². The van der Waals surface area contributed by atoms with Crippen LogP contribution < -0.4 is 4.90 Å². The number of likely N-dealkylation sites (tertiary alicyclic amines) is 1. The Balaban J connectivity index is 1.47. The number of amides is 1. The summed E-state index contributed by atoms with van der Waals surface area (Å²) in [5.74, 6) is 0.0882. The summed E-state index contributed by atoms with van der Waals surface area (Å²) >= 11 is 0. The summed E-state index contributed by atoms with van der Waals surface area (Å²) in [5, 5.41) is 9.99. The van der Waals surface area contributed by atoms with Crippen LogP contribution in [-0.4, -0.2) is 85.4 Å². The lowest BCUT2D eigenvalue weighted by molar-refractivity contribution is -0.132. The molecule has 1 aromatic carbocycles. The number of benzene rings is 1. The maximum Gasteiger partial charge on any atom is 0.236 e. The molecule has 0 bridgehead atoms. The van der Waals surface area contributed by atoms with E-state index in [0.717, 1.165) is 26.2 Å². The maximum atomic E-state index is 12.5. The Hall–Kier alpha value is -1.63. The van der Waals surface area contributed by atoms with Crippen LogP contribution in [0.25, 0.3) is 0 Å². The molecule has 1 N–H and O–H groups in total. The Morgan fingerprint density at radius 1 is 1.24 bits per heavy atom. The Labute approximate surface area is 150 Å². The van der Waals surface area contributed by atoms with E-state index in [1.807, 2.05) is 6.92 Å². The fraction of sp³-hybridized carbons (Fsp3) is 0.632. The molecular weight excluding hydrogens is 318 g/mol. The van der Waals surface area contributed by atoms with Crippen LogP contribution in [0.4, 0.5) is 5.69 Å². The minimum atomic E-state index is -0.568. The fourth-order valence-corrected chi connectivity index (χ4v) is 3.62. The highest BCUT2D eigenvalue weighted by Gasteiger charge is 2.35. The average molecular weight is 347 g/mol. The zero-order valence-corrected chi connectivity index (χ0v) is 15.2. The molecule has 0 saturated carbocycles. The minimum Gasteiger partial charge on any atom is -0.388 e. The molecule has 2 fully saturated rings. The van der Waals surface area contributed by atoms with Gasteiger partial charge in [0.15, 0.2) is 0 Å². The molecule has 0 aliphatic carbocycles. The molecule has 1 amide bonds. The molecule has 6 heteroatoms.